The van der Waals surface area contributed by atoms with E-state index < -0.39 is 6.03 Å². The smallest absolute Gasteiger partial charge is 0.321 e. The molecular formula is C16H26N6O2S. The van der Waals surface area contributed by atoms with Gasteiger partial charge in [-0.2, -0.15) is 0 Å². The van der Waals surface area contributed by atoms with Gasteiger partial charge < -0.3 is 10.2 Å². The van der Waals surface area contributed by atoms with Crippen molar-refractivity contribution in [1.82, 2.24) is 25.4 Å². The van der Waals surface area contributed by atoms with Crippen LogP contribution in [0.1, 0.15) is 52.5 Å². The molecule has 1 aromatic rings. The molecule has 1 aliphatic carbocycles. The van der Waals surface area contributed by atoms with Crippen molar-refractivity contribution in [1.29, 1.82) is 0 Å². The molecule has 0 radical (unpaired) electrons. The van der Waals surface area contributed by atoms with E-state index in [4.69, 9.17) is 0 Å². The molecule has 8 nitrogen and oxygen atoms in total. The Balaban J connectivity index is 1.58. The molecule has 138 valence electrons. The fourth-order valence-electron chi connectivity index (χ4n) is 2.82. The number of imide groups is 1. The van der Waals surface area contributed by atoms with Crippen LogP contribution < -0.4 is 15.5 Å². The molecule has 1 saturated carbocycles. The molecule has 0 spiro atoms. The third kappa shape index (κ3) is 4.87. The number of urea groups is 1. The van der Waals surface area contributed by atoms with Gasteiger partial charge >= 0.3 is 6.03 Å². The second kappa shape index (κ2) is 7.23. The zero-order chi connectivity index (χ0) is 18.0. The minimum atomic E-state index is -0.473. The first kappa shape index (κ1) is 18.0. The van der Waals surface area contributed by atoms with Crippen LogP contribution in [-0.4, -0.2) is 51.1 Å². The van der Waals surface area contributed by atoms with Crippen molar-refractivity contribution in [2.45, 2.75) is 63.2 Å². The van der Waals surface area contributed by atoms with Crippen molar-refractivity contribution < 1.29 is 9.59 Å². The van der Waals surface area contributed by atoms with Crippen LogP contribution in [0.3, 0.4) is 0 Å². The van der Waals surface area contributed by atoms with E-state index in [0.29, 0.717) is 6.04 Å². The average Bonchev–Trinajstić information content (AvgIpc) is 3.04. The molecule has 0 aromatic carbocycles. The number of carbonyl (C=O) groups excluding carboxylic acids is 2. The van der Waals surface area contributed by atoms with Crippen LogP contribution in [-0.2, 0) is 4.79 Å². The van der Waals surface area contributed by atoms with E-state index >= 15 is 0 Å². The van der Waals surface area contributed by atoms with E-state index in [0.717, 1.165) is 37.0 Å². The van der Waals surface area contributed by atoms with Crippen molar-refractivity contribution in [2.75, 3.05) is 23.7 Å². The first-order valence-corrected chi connectivity index (χ1v) is 9.77. The first-order valence-electron chi connectivity index (χ1n) is 8.78. The monoisotopic (exact) mass is 366 g/mol. The topological polar surface area (TPSA) is 92.2 Å². The number of thioether (sulfide) groups is 1. The van der Waals surface area contributed by atoms with Crippen LogP contribution in [0.15, 0.2) is 5.16 Å². The molecular weight excluding hydrogens is 340 g/mol. The second-order valence-electron chi connectivity index (χ2n) is 7.62. The Morgan fingerprint density at radius 2 is 1.88 bits per heavy atom. The van der Waals surface area contributed by atoms with Gasteiger partial charge in [-0.15, -0.1) is 10.2 Å². The fourth-order valence-corrected chi connectivity index (χ4v) is 3.62. The maximum Gasteiger partial charge on any atom is 0.321 e. The predicted molar refractivity (Wildman–Crippen MR) is 96.9 cm³/mol. The van der Waals surface area contributed by atoms with Gasteiger partial charge in [0.1, 0.15) is 0 Å². The highest BCUT2D eigenvalue weighted by atomic mass is 32.2. The average molecular weight is 366 g/mol. The van der Waals surface area contributed by atoms with Gasteiger partial charge in [0, 0.05) is 24.7 Å². The maximum atomic E-state index is 12.0. The molecule has 3 rings (SSSR count). The lowest BCUT2D eigenvalue weighted by molar-refractivity contribution is -0.117. The number of carbonyl (C=O) groups is 2. The lowest BCUT2D eigenvalue weighted by Gasteiger charge is -2.20. The molecule has 3 amide bonds. The van der Waals surface area contributed by atoms with Crippen LogP contribution in [0, 0.1) is 0 Å². The van der Waals surface area contributed by atoms with Crippen molar-refractivity contribution in [3.63, 3.8) is 0 Å². The van der Waals surface area contributed by atoms with Gasteiger partial charge in [-0.25, -0.2) is 4.79 Å². The Bertz CT molecular complexity index is 644. The minimum Gasteiger partial charge on any atom is -0.341 e. The molecule has 25 heavy (non-hydrogen) atoms. The molecule has 2 aliphatic rings. The van der Waals surface area contributed by atoms with Crippen molar-refractivity contribution in [2.24, 2.45) is 0 Å². The summed E-state index contributed by atoms with van der Waals surface area (Å²) in [4.78, 5) is 26.0. The maximum absolute atomic E-state index is 12.0. The molecule has 0 atom stereocenters. The van der Waals surface area contributed by atoms with Crippen molar-refractivity contribution in [3.05, 3.63) is 0 Å². The molecule has 1 aliphatic heterocycles. The summed E-state index contributed by atoms with van der Waals surface area (Å²) in [5, 5.41) is 14.5. The summed E-state index contributed by atoms with van der Waals surface area (Å²) in [5.41, 5.74) is -0.381. The van der Waals surface area contributed by atoms with Gasteiger partial charge in [0.15, 0.2) is 5.16 Å². The van der Waals surface area contributed by atoms with Gasteiger partial charge in [0.2, 0.25) is 11.9 Å². The zero-order valence-corrected chi connectivity index (χ0v) is 15.9. The predicted octanol–water partition coefficient (Wildman–Crippen LogP) is 1.93. The van der Waals surface area contributed by atoms with Crippen molar-refractivity contribution in [3.8, 4) is 0 Å². The molecule has 1 aromatic heterocycles. The van der Waals surface area contributed by atoms with E-state index in [2.05, 4.69) is 30.3 Å². The lowest BCUT2D eigenvalue weighted by Crippen LogP contribution is -2.48. The SMILES string of the molecule is CC(C)(C)NC(=O)NC(=O)CSc1nnc(N2CCCC2)n1C1CC1. The molecule has 1 saturated heterocycles. The third-order valence-electron chi connectivity index (χ3n) is 4.02. The molecule has 9 heteroatoms. The summed E-state index contributed by atoms with van der Waals surface area (Å²) in [7, 11) is 0. The van der Waals surface area contributed by atoms with E-state index in [9.17, 15) is 9.59 Å². The van der Waals surface area contributed by atoms with Crippen LogP contribution in [0.2, 0.25) is 0 Å². The van der Waals surface area contributed by atoms with E-state index in [1.54, 1.807) is 0 Å². The standard InChI is InChI=1S/C16H26N6O2S/c1-16(2,3)18-13(24)17-12(23)10-25-15-20-19-14(21-8-4-5-9-21)22(15)11-6-7-11/h11H,4-10H2,1-3H3,(H2,17,18,23,24). The summed E-state index contributed by atoms with van der Waals surface area (Å²) >= 11 is 1.33. The summed E-state index contributed by atoms with van der Waals surface area (Å²) in [6.07, 6.45) is 4.63. The quantitative estimate of drug-likeness (QED) is 0.774. The second-order valence-corrected chi connectivity index (χ2v) is 8.56. The van der Waals surface area contributed by atoms with Gasteiger partial charge in [0.05, 0.1) is 5.75 Å². The van der Waals surface area contributed by atoms with Crippen LogP contribution in [0.4, 0.5) is 10.7 Å². The number of hydrogen-bond donors (Lipinski definition) is 2. The molecule has 2 N–H and O–H groups in total. The highest BCUT2D eigenvalue weighted by Crippen LogP contribution is 2.41. The highest BCUT2D eigenvalue weighted by Gasteiger charge is 2.32. The summed E-state index contributed by atoms with van der Waals surface area (Å²) < 4.78 is 2.17. The summed E-state index contributed by atoms with van der Waals surface area (Å²) in [6.45, 7) is 7.63. The lowest BCUT2D eigenvalue weighted by atomic mass is 10.1. The van der Waals surface area contributed by atoms with Crippen LogP contribution >= 0.6 is 11.8 Å². The number of aromatic nitrogens is 3. The Hall–Kier alpha value is -1.77. The molecule has 2 heterocycles. The Morgan fingerprint density at radius 1 is 1.20 bits per heavy atom. The third-order valence-corrected chi connectivity index (χ3v) is 4.96. The fraction of sp³-hybridized carbons (Fsp3) is 0.750. The van der Waals surface area contributed by atoms with Gasteiger partial charge in [-0.3, -0.25) is 14.7 Å². The number of amides is 3. The Morgan fingerprint density at radius 3 is 2.48 bits per heavy atom. The number of hydrogen-bond acceptors (Lipinski definition) is 6. The van der Waals surface area contributed by atoms with E-state index in [1.165, 1.54) is 24.6 Å². The first-order chi connectivity index (χ1) is 11.8. The van der Waals surface area contributed by atoms with Gasteiger partial charge in [-0.05, 0) is 46.5 Å². The molecule has 0 bridgehead atoms. The van der Waals surface area contributed by atoms with Gasteiger partial charge in [0.25, 0.3) is 0 Å². The van der Waals surface area contributed by atoms with E-state index in [-0.39, 0.29) is 17.2 Å². The van der Waals surface area contributed by atoms with Crippen LogP contribution in [0.25, 0.3) is 0 Å². The Labute approximate surface area is 152 Å². The number of nitrogens with zero attached hydrogens (tertiary/aromatic N) is 4. The number of nitrogens with one attached hydrogen (secondary N) is 2. The minimum absolute atomic E-state index is 0.141. The zero-order valence-electron chi connectivity index (χ0n) is 15.0. The molecule has 2 fully saturated rings. The largest absolute Gasteiger partial charge is 0.341 e. The van der Waals surface area contributed by atoms with Crippen molar-refractivity contribution >= 4 is 29.6 Å². The summed E-state index contributed by atoms with van der Waals surface area (Å²) in [5.74, 6) is 0.732. The number of rotatable bonds is 5. The Kier molecular flexibility index (Phi) is 5.21. The highest BCUT2D eigenvalue weighted by molar-refractivity contribution is 7.99. The number of anilines is 1. The normalized spacial score (nSPS) is 17.6. The van der Waals surface area contributed by atoms with Crippen LogP contribution in [0.5, 0.6) is 0 Å². The molecule has 0 unspecified atom stereocenters. The van der Waals surface area contributed by atoms with E-state index in [1.807, 2.05) is 20.8 Å². The van der Waals surface area contributed by atoms with Gasteiger partial charge in [-0.1, -0.05) is 11.8 Å². The summed E-state index contributed by atoms with van der Waals surface area (Å²) in [6, 6.07) is -0.0279.